The average molecular weight is 285 g/mol. The van der Waals surface area contributed by atoms with Crippen molar-refractivity contribution in [1.82, 2.24) is 0 Å². The van der Waals surface area contributed by atoms with E-state index in [9.17, 15) is 4.79 Å². The van der Waals surface area contributed by atoms with Gasteiger partial charge in [-0.05, 0) is 44.5 Å². The Balaban J connectivity index is 3.16. The van der Waals surface area contributed by atoms with Crippen LogP contribution in [0.2, 0.25) is 5.02 Å². The zero-order valence-corrected chi connectivity index (χ0v) is 11.9. The molecule has 1 aromatic rings. The molecule has 0 radical (unpaired) electrons. The molecule has 1 rings (SSSR count). The second-order valence-electron chi connectivity index (χ2n) is 4.10. The molecule has 0 saturated heterocycles. The summed E-state index contributed by atoms with van der Waals surface area (Å²) in [6.07, 6.45) is 2.47. The molecule has 1 aromatic carbocycles. The summed E-state index contributed by atoms with van der Waals surface area (Å²) in [5.74, 6) is -0.0312. The third-order valence-corrected chi connectivity index (χ3v) is 2.38. The second kappa shape index (κ2) is 7.04. The zero-order valence-electron chi connectivity index (χ0n) is 11.1. The lowest BCUT2D eigenvalue weighted by Crippen LogP contribution is -2.08. The first-order valence-electron chi connectivity index (χ1n) is 5.98. The van der Waals surface area contributed by atoms with Gasteiger partial charge < -0.3 is 14.6 Å². The van der Waals surface area contributed by atoms with Gasteiger partial charge in [-0.2, -0.15) is 0 Å². The molecule has 4 nitrogen and oxygen atoms in total. The number of carboxylic acid groups (broad SMARTS) is 1. The number of hydrogen-bond donors (Lipinski definition) is 1. The molecule has 0 spiro atoms. The van der Waals surface area contributed by atoms with Gasteiger partial charge in [0.05, 0.1) is 17.7 Å². The van der Waals surface area contributed by atoms with E-state index >= 15 is 0 Å². The van der Waals surface area contributed by atoms with Crippen molar-refractivity contribution < 1.29 is 19.4 Å². The van der Waals surface area contributed by atoms with Gasteiger partial charge in [0, 0.05) is 6.08 Å². The van der Waals surface area contributed by atoms with Gasteiger partial charge in [0.1, 0.15) is 0 Å². The normalized spacial score (nSPS) is 11.0. The molecule has 19 heavy (non-hydrogen) atoms. The first-order valence-corrected chi connectivity index (χ1v) is 6.35. The lowest BCUT2D eigenvalue weighted by molar-refractivity contribution is -0.131. The van der Waals surface area contributed by atoms with Gasteiger partial charge in [-0.15, -0.1) is 0 Å². The van der Waals surface area contributed by atoms with Crippen LogP contribution in [-0.4, -0.2) is 23.8 Å². The molecule has 0 atom stereocenters. The van der Waals surface area contributed by atoms with E-state index in [2.05, 4.69) is 0 Å². The lowest BCUT2D eigenvalue weighted by Gasteiger charge is -2.16. The molecular formula is C14H17ClO4. The van der Waals surface area contributed by atoms with Gasteiger partial charge in [0.2, 0.25) is 0 Å². The van der Waals surface area contributed by atoms with E-state index in [1.807, 2.05) is 20.8 Å². The summed E-state index contributed by atoms with van der Waals surface area (Å²) in [7, 11) is 0. The molecule has 0 amide bonds. The Morgan fingerprint density at radius 2 is 2.16 bits per heavy atom. The quantitative estimate of drug-likeness (QED) is 0.811. The van der Waals surface area contributed by atoms with Crippen molar-refractivity contribution in [3.05, 3.63) is 28.8 Å². The van der Waals surface area contributed by atoms with Crippen LogP contribution in [0.15, 0.2) is 18.2 Å². The van der Waals surface area contributed by atoms with Gasteiger partial charge >= 0.3 is 5.97 Å². The van der Waals surface area contributed by atoms with E-state index in [1.165, 1.54) is 6.08 Å². The minimum atomic E-state index is -1.02. The van der Waals surface area contributed by atoms with Crippen molar-refractivity contribution in [3.63, 3.8) is 0 Å². The fourth-order valence-electron chi connectivity index (χ4n) is 1.46. The SMILES string of the molecule is CCOc1cc(/C=C/C(=O)O)cc(Cl)c1OC(C)C. The Morgan fingerprint density at radius 3 is 2.68 bits per heavy atom. The van der Waals surface area contributed by atoms with E-state index in [0.29, 0.717) is 28.7 Å². The van der Waals surface area contributed by atoms with Gasteiger partial charge in [0.15, 0.2) is 11.5 Å². The van der Waals surface area contributed by atoms with Crippen LogP contribution in [0, 0.1) is 0 Å². The van der Waals surface area contributed by atoms with Gasteiger partial charge in [-0.3, -0.25) is 0 Å². The molecule has 1 N–H and O–H groups in total. The highest BCUT2D eigenvalue weighted by molar-refractivity contribution is 6.32. The summed E-state index contributed by atoms with van der Waals surface area (Å²) >= 11 is 6.14. The zero-order chi connectivity index (χ0) is 14.4. The predicted molar refractivity (Wildman–Crippen MR) is 75.1 cm³/mol. The van der Waals surface area contributed by atoms with Crippen molar-refractivity contribution in [3.8, 4) is 11.5 Å². The highest BCUT2D eigenvalue weighted by Crippen LogP contribution is 2.37. The highest BCUT2D eigenvalue weighted by atomic mass is 35.5. The molecule has 0 heterocycles. The molecule has 0 fully saturated rings. The van der Waals surface area contributed by atoms with E-state index in [4.69, 9.17) is 26.2 Å². The standard InChI is InChI=1S/C14H17ClO4/c1-4-18-12-8-10(5-6-13(16)17)7-11(15)14(12)19-9(2)3/h5-9H,4H2,1-3H3,(H,16,17)/b6-5+. The van der Waals surface area contributed by atoms with Crippen molar-refractivity contribution in [2.24, 2.45) is 0 Å². The first kappa shape index (κ1) is 15.4. The molecule has 0 aromatic heterocycles. The van der Waals surface area contributed by atoms with Gasteiger partial charge in [0.25, 0.3) is 0 Å². The summed E-state index contributed by atoms with van der Waals surface area (Å²) in [6.45, 7) is 6.11. The van der Waals surface area contributed by atoms with Crippen LogP contribution in [0.25, 0.3) is 6.08 Å². The molecule has 0 unspecified atom stereocenters. The number of halogens is 1. The van der Waals surface area contributed by atoms with Crippen molar-refractivity contribution >= 4 is 23.6 Å². The number of aliphatic carboxylic acids is 1. The largest absolute Gasteiger partial charge is 0.490 e. The molecule has 0 aliphatic heterocycles. The summed E-state index contributed by atoms with van der Waals surface area (Å²) in [5, 5.41) is 9.01. The van der Waals surface area contributed by atoms with E-state index in [0.717, 1.165) is 6.08 Å². The van der Waals surface area contributed by atoms with Crippen molar-refractivity contribution in [2.45, 2.75) is 26.9 Å². The summed E-state index contributed by atoms with van der Waals surface area (Å²) in [4.78, 5) is 10.5. The Morgan fingerprint density at radius 1 is 1.47 bits per heavy atom. The van der Waals surface area contributed by atoms with E-state index in [-0.39, 0.29) is 6.10 Å². The van der Waals surface area contributed by atoms with Gasteiger partial charge in [-0.25, -0.2) is 4.79 Å². The molecule has 0 aliphatic carbocycles. The number of hydrogen-bond acceptors (Lipinski definition) is 3. The molecule has 104 valence electrons. The summed E-state index contributed by atoms with van der Waals surface area (Å²) in [5.41, 5.74) is 0.645. The number of rotatable bonds is 6. The van der Waals surface area contributed by atoms with E-state index in [1.54, 1.807) is 12.1 Å². The average Bonchev–Trinajstić information content (AvgIpc) is 2.31. The van der Waals surface area contributed by atoms with E-state index < -0.39 is 5.97 Å². The maximum absolute atomic E-state index is 10.5. The maximum atomic E-state index is 10.5. The number of ether oxygens (including phenoxy) is 2. The Kier molecular flexibility index (Phi) is 5.70. The minimum Gasteiger partial charge on any atom is -0.490 e. The Hall–Kier alpha value is -1.68. The highest BCUT2D eigenvalue weighted by Gasteiger charge is 2.13. The minimum absolute atomic E-state index is 0.0304. The predicted octanol–water partition coefficient (Wildman–Crippen LogP) is 3.62. The summed E-state index contributed by atoms with van der Waals surface area (Å²) < 4.78 is 11.1. The Labute approximate surface area is 117 Å². The van der Waals surface area contributed by atoms with Crippen LogP contribution in [0.3, 0.4) is 0 Å². The van der Waals surface area contributed by atoms with Crippen LogP contribution in [0.5, 0.6) is 11.5 Å². The first-order chi connectivity index (χ1) is 8.93. The summed E-state index contributed by atoms with van der Waals surface area (Å²) in [6, 6.07) is 3.34. The van der Waals surface area contributed by atoms with Gasteiger partial charge in [-0.1, -0.05) is 11.6 Å². The molecule has 5 heteroatoms. The van der Waals surface area contributed by atoms with Crippen LogP contribution < -0.4 is 9.47 Å². The molecule has 0 aliphatic rings. The van der Waals surface area contributed by atoms with Crippen molar-refractivity contribution in [1.29, 1.82) is 0 Å². The lowest BCUT2D eigenvalue weighted by atomic mass is 10.2. The fourth-order valence-corrected chi connectivity index (χ4v) is 1.73. The van der Waals surface area contributed by atoms with Crippen LogP contribution in [-0.2, 0) is 4.79 Å². The topological polar surface area (TPSA) is 55.8 Å². The maximum Gasteiger partial charge on any atom is 0.328 e. The van der Waals surface area contributed by atoms with Crippen LogP contribution in [0.1, 0.15) is 26.3 Å². The second-order valence-corrected chi connectivity index (χ2v) is 4.51. The number of benzene rings is 1. The third kappa shape index (κ3) is 4.83. The number of carbonyl (C=O) groups is 1. The fraction of sp³-hybridized carbons (Fsp3) is 0.357. The van der Waals surface area contributed by atoms with Crippen LogP contribution in [0.4, 0.5) is 0 Å². The molecule has 0 saturated carbocycles. The third-order valence-electron chi connectivity index (χ3n) is 2.10. The molecular weight excluding hydrogens is 268 g/mol. The Bertz CT molecular complexity index is 481. The van der Waals surface area contributed by atoms with Crippen molar-refractivity contribution in [2.75, 3.05) is 6.61 Å². The molecule has 0 bridgehead atoms. The smallest absolute Gasteiger partial charge is 0.328 e. The monoisotopic (exact) mass is 284 g/mol. The van der Waals surface area contributed by atoms with Crippen LogP contribution >= 0.6 is 11.6 Å². The number of carboxylic acids is 1.